The summed E-state index contributed by atoms with van der Waals surface area (Å²) in [5.74, 6) is 0.968. The van der Waals surface area contributed by atoms with Crippen molar-refractivity contribution in [2.75, 3.05) is 6.54 Å². The Kier molecular flexibility index (Phi) is 7.09. The number of nitrogens with one attached hydrogen (secondary N) is 1. The molecule has 0 aliphatic heterocycles. The molecule has 0 saturated heterocycles. The molecule has 0 bridgehead atoms. The first-order valence-corrected chi connectivity index (χ1v) is 9.01. The van der Waals surface area contributed by atoms with E-state index < -0.39 is 0 Å². The van der Waals surface area contributed by atoms with Crippen LogP contribution in [0.15, 0.2) is 35.1 Å². The maximum absolute atomic E-state index is 13.0. The largest absolute Gasteiger partial charge is 0.463 e. The van der Waals surface area contributed by atoms with Crippen LogP contribution in [0, 0.1) is 5.92 Å². The van der Waals surface area contributed by atoms with Gasteiger partial charge < -0.3 is 15.5 Å². The summed E-state index contributed by atoms with van der Waals surface area (Å²) in [5.41, 5.74) is 7.69. The first-order chi connectivity index (χ1) is 12.6. The molecule has 0 aromatic carbocycles. The molecule has 1 aliphatic rings. The van der Waals surface area contributed by atoms with Crippen molar-refractivity contribution in [1.29, 1.82) is 0 Å². The topological polar surface area (TPSA) is 99.0 Å². The maximum Gasteiger partial charge on any atom is 0.252 e. The van der Waals surface area contributed by atoms with Crippen LogP contribution in [0.2, 0.25) is 0 Å². The number of nitrogens with zero attached hydrogens (tertiary/aromatic N) is 3. The number of amides is 1. The van der Waals surface area contributed by atoms with Crippen LogP contribution in [-0.4, -0.2) is 33.3 Å². The number of rotatable bonds is 6. The Hall–Kier alpha value is -2.09. The molecule has 3 N–H and O–H groups in total. The number of carbonyl (C=O) groups is 1. The van der Waals surface area contributed by atoms with Crippen LogP contribution in [0.5, 0.6) is 0 Å². The highest BCUT2D eigenvalue weighted by Gasteiger charge is 2.32. The fourth-order valence-corrected chi connectivity index (χ4v) is 3.25. The SMILES string of the molecule is CC(C)n1ncc2c(C(=O)NC(CN)C3CC3)cc(-c3ccco3)nc21.Cl.Cl. The first kappa shape index (κ1) is 22.2. The normalized spacial score (nSPS) is 14.4. The molecule has 1 saturated carbocycles. The van der Waals surface area contributed by atoms with Gasteiger partial charge in [0.1, 0.15) is 5.69 Å². The third-order valence-corrected chi connectivity index (χ3v) is 4.84. The molecule has 9 heteroatoms. The average Bonchev–Trinajstić information content (AvgIpc) is 3.15. The third-order valence-electron chi connectivity index (χ3n) is 4.84. The molecule has 1 amide bonds. The Labute approximate surface area is 175 Å². The summed E-state index contributed by atoms with van der Waals surface area (Å²) in [5, 5.41) is 8.25. The molecule has 7 nitrogen and oxygen atoms in total. The summed E-state index contributed by atoms with van der Waals surface area (Å²) < 4.78 is 7.31. The molecule has 1 fully saturated rings. The van der Waals surface area contributed by atoms with Crippen molar-refractivity contribution in [2.24, 2.45) is 11.7 Å². The second-order valence-corrected chi connectivity index (χ2v) is 7.11. The number of pyridine rings is 1. The number of furan rings is 1. The number of aromatic nitrogens is 3. The minimum atomic E-state index is -0.143. The van der Waals surface area contributed by atoms with Crippen LogP contribution in [0.4, 0.5) is 0 Å². The third kappa shape index (κ3) is 4.16. The fourth-order valence-electron chi connectivity index (χ4n) is 3.25. The Morgan fingerprint density at radius 1 is 1.39 bits per heavy atom. The lowest BCUT2D eigenvalue weighted by Gasteiger charge is -2.16. The zero-order valence-electron chi connectivity index (χ0n) is 15.8. The smallest absolute Gasteiger partial charge is 0.252 e. The number of fused-ring (bicyclic) bond motifs is 1. The minimum Gasteiger partial charge on any atom is -0.463 e. The number of hydrogen-bond donors (Lipinski definition) is 2. The fraction of sp³-hybridized carbons (Fsp3) is 0.421. The van der Waals surface area contributed by atoms with E-state index in [4.69, 9.17) is 15.1 Å². The van der Waals surface area contributed by atoms with Gasteiger partial charge in [-0.3, -0.25) is 4.79 Å². The van der Waals surface area contributed by atoms with Crippen LogP contribution in [0.25, 0.3) is 22.5 Å². The first-order valence-electron chi connectivity index (χ1n) is 9.01. The quantitative estimate of drug-likeness (QED) is 0.628. The van der Waals surface area contributed by atoms with E-state index >= 15 is 0 Å². The van der Waals surface area contributed by atoms with Gasteiger partial charge in [0.2, 0.25) is 0 Å². The monoisotopic (exact) mass is 425 g/mol. The molecule has 3 heterocycles. The highest BCUT2D eigenvalue weighted by molar-refractivity contribution is 6.06. The Morgan fingerprint density at radius 3 is 2.71 bits per heavy atom. The molecule has 0 radical (unpaired) electrons. The molecule has 0 spiro atoms. The molecule has 1 atom stereocenters. The molecule has 152 valence electrons. The summed E-state index contributed by atoms with van der Waals surface area (Å²) in [6, 6.07) is 5.55. The van der Waals surface area contributed by atoms with E-state index in [-0.39, 0.29) is 42.8 Å². The number of nitrogens with two attached hydrogens (primary N) is 1. The lowest BCUT2D eigenvalue weighted by atomic mass is 10.1. The van der Waals surface area contributed by atoms with E-state index in [0.29, 0.717) is 35.1 Å². The van der Waals surface area contributed by atoms with Crippen LogP contribution in [0.3, 0.4) is 0 Å². The molecule has 4 rings (SSSR count). The van der Waals surface area contributed by atoms with E-state index in [1.807, 2.05) is 24.6 Å². The summed E-state index contributed by atoms with van der Waals surface area (Å²) in [6.07, 6.45) is 5.55. The number of halogens is 2. The molecule has 3 aromatic rings. The van der Waals surface area contributed by atoms with Gasteiger partial charge in [-0.1, -0.05) is 0 Å². The molecular formula is C19H25Cl2N5O2. The van der Waals surface area contributed by atoms with E-state index in [9.17, 15) is 4.79 Å². The molecule has 1 unspecified atom stereocenters. The van der Waals surface area contributed by atoms with Crippen LogP contribution >= 0.6 is 24.8 Å². The zero-order valence-corrected chi connectivity index (χ0v) is 17.4. The van der Waals surface area contributed by atoms with Gasteiger partial charge >= 0.3 is 0 Å². The number of hydrogen-bond acceptors (Lipinski definition) is 5. The molecule has 1 aliphatic carbocycles. The van der Waals surface area contributed by atoms with Gasteiger partial charge in [0, 0.05) is 18.6 Å². The second-order valence-electron chi connectivity index (χ2n) is 7.11. The van der Waals surface area contributed by atoms with Crippen molar-refractivity contribution in [3.63, 3.8) is 0 Å². The zero-order chi connectivity index (χ0) is 18.3. The number of carbonyl (C=O) groups excluding carboxylic acids is 1. The maximum atomic E-state index is 13.0. The van der Waals surface area contributed by atoms with E-state index in [1.165, 1.54) is 0 Å². The summed E-state index contributed by atoms with van der Waals surface area (Å²) in [4.78, 5) is 17.7. The van der Waals surface area contributed by atoms with Crippen molar-refractivity contribution in [2.45, 2.75) is 38.8 Å². The van der Waals surface area contributed by atoms with Gasteiger partial charge in [0.05, 0.1) is 23.4 Å². The van der Waals surface area contributed by atoms with E-state index in [1.54, 1.807) is 24.6 Å². The molecular weight excluding hydrogens is 401 g/mol. The Morgan fingerprint density at radius 2 is 2.14 bits per heavy atom. The molecule has 3 aromatic heterocycles. The van der Waals surface area contributed by atoms with E-state index in [0.717, 1.165) is 18.2 Å². The van der Waals surface area contributed by atoms with Gasteiger partial charge in [-0.25, -0.2) is 9.67 Å². The van der Waals surface area contributed by atoms with Gasteiger partial charge in [0.25, 0.3) is 5.91 Å². The van der Waals surface area contributed by atoms with Crippen LogP contribution in [-0.2, 0) is 0 Å². The highest BCUT2D eigenvalue weighted by atomic mass is 35.5. The van der Waals surface area contributed by atoms with Gasteiger partial charge in [-0.05, 0) is 50.8 Å². The average molecular weight is 426 g/mol. The van der Waals surface area contributed by atoms with Crippen molar-refractivity contribution in [1.82, 2.24) is 20.1 Å². The van der Waals surface area contributed by atoms with Crippen molar-refractivity contribution < 1.29 is 9.21 Å². The summed E-state index contributed by atoms with van der Waals surface area (Å²) in [7, 11) is 0. The highest BCUT2D eigenvalue weighted by Crippen LogP contribution is 2.33. The molecule has 28 heavy (non-hydrogen) atoms. The van der Waals surface area contributed by atoms with Crippen LogP contribution < -0.4 is 11.1 Å². The minimum absolute atomic E-state index is 0. The Balaban J connectivity index is 0.00000140. The second kappa shape index (κ2) is 8.94. The van der Waals surface area contributed by atoms with Gasteiger partial charge in [-0.15, -0.1) is 24.8 Å². The Bertz CT molecular complexity index is 935. The predicted molar refractivity (Wildman–Crippen MR) is 113 cm³/mol. The van der Waals surface area contributed by atoms with Gasteiger partial charge in [-0.2, -0.15) is 5.10 Å². The van der Waals surface area contributed by atoms with E-state index in [2.05, 4.69) is 10.4 Å². The summed E-state index contributed by atoms with van der Waals surface area (Å²) in [6.45, 7) is 4.51. The lowest BCUT2D eigenvalue weighted by molar-refractivity contribution is 0.0935. The predicted octanol–water partition coefficient (Wildman–Crippen LogP) is 3.58. The standard InChI is InChI=1S/C19H23N5O2.2ClH/c1-11(2)24-18-14(10-21-24)13(8-15(22-18)17-4-3-7-26-17)19(25)23-16(9-20)12-5-6-12;;/h3-4,7-8,10-12,16H,5-6,9,20H2,1-2H3,(H,23,25);2*1H. The summed E-state index contributed by atoms with van der Waals surface area (Å²) >= 11 is 0. The van der Waals surface area contributed by atoms with Crippen molar-refractivity contribution in [3.8, 4) is 11.5 Å². The van der Waals surface area contributed by atoms with Crippen LogP contribution in [0.1, 0.15) is 43.1 Å². The van der Waals surface area contributed by atoms with Gasteiger partial charge in [0.15, 0.2) is 11.4 Å². The lowest BCUT2D eigenvalue weighted by Crippen LogP contribution is -2.41. The van der Waals surface area contributed by atoms with Crippen molar-refractivity contribution in [3.05, 3.63) is 36.2 Å². The van der Waals surface area contributed by atoms with Crippen molar-refractivity contribution >= 4 is 41.8 Å².